The quantitative estimate of drug-likeness (QED) is 0.639. The van der Waals surface area contributed by atoms with E-state index >= 15 is 0 Å². The molecule has 3 N–H and O–H groups in total. The molecule has 0 aliphatic rings. The lowest BCUT2D eigenvalue weighted by molar-refractivity contribution is 1.24. The molecule has 1 rings (SSSR count). The van der Waals surface area contributed by atoms with Gasteiger partial charge in [0.05, 0.1) is 0 Å². The largest absolute Gasteiger partial charge is 0.361 e. The van der Waals surface area contributed by atoms with Crippen molar-refractivity contribution in [1.29, 1.82) is 0 Å². The monoisotopic (exact) mass is 150 g/mol. The van der Waals surface area contributed by atoms with E-state index < -0.39 is 0 Å². The second-order valence-electron chi connectivity index (χ2n) is 2.12. The molecule has 11 heavy (non-hydrogen) atoms. The Bertz CT molecular complexity index is 301. The summed E-state index contributed by atoms with van der Waals surface area (Å²) in [6, 6.07) is 2.99. The molecule has 0 aromatic carbocycles. The summed E-state index contributed by atoms with van der Waals surface area (Å²) in [5.74, 6) is 0. The highest BCUT2D eigenvalue weighted by atomic mass is 16.1. The van der Waals surface area contributed by atoms with Gasteiger partial charge in [0.15, 0.2) is 5.43 Å². The number of hydrogen-bond acceptors (Lipinski definition) is 2. The fourth-order valence-corrected chi connectivity index (χ4v) is 0.754. The van der Waals surface area contributed by atoms with Gasteiger partial charge in [0.2, 0.25) is 0 Å². The third-order valence-corrected chi connectivity index (χ3v) is 1.23. The van der Waals surface area contributed by atoms with Gasteiger partial charge in [0.25, 0.3) is 0 Å². The van der Waals surface area contributed by atoms with Crippen LogP contribution in [0.25, 0.3) is 6.08 Å². The van der Waals surface area contributed by atoms with Gasteiger partial charge in [-0.1, -0.05) is 6.08 Å². The van der Waals surface area contributed by atoms with Gasteiger partial charge in [-0.25, -0.2) is 0 Å². The molecular formula is C8H10N2O. The van der Waals surface area contributed by atoms with E-state index in [1.165, 1.54) is 12.1 Å². The first-order chi connectivity index (χ1) is 5.33. The first kappa shape index (κ1) is 7.75. The van der Waals surface area contributed by atoms with Crippen LogP contribution in [0.5, 0.6) is 0 Å². The van der Waals surface area contributed by atoms with Crippen LogP contribution in [0, 0.1) is 0 Å². The molecule has 0 atom stereocenters. The van der Waals surface area contributed by atoms with Crippen molar-refractivity contribution in [2.75, 3.05) is 6.54 Å². The van der Waals surface area contributed by atoms with Gasteiger partial charge in [-0.2, -0.15) is 0 Å². The molecule has 0 bridgehead atoms. The van der Waals surface area contributed by atoms with Gasteiger partial charge in [-0.3, -0.25) is 4.79 Å². The standard InChI is InChI=1S/C8H10N2O/c9-4-1-2-7-6-8(11)3-5-10-7/h1-3,5-6H,4,9H2,(H,10,11). The van der Waals surface area contributed by atoms with Crippen molar-refractivity contribution in [3.8, 4) is 0 Å². The first-order valence-corrected chi connectivity index (χ1v) is 3.38. The maximum absolute atomic E-state index is 10.8. The number of nitrogens with one attached hydrogen (secondary N) is 1. The summed E-state index contributed by atoms with van der Waals surface area (Å²) in [6.45, 7) is 0.483. The molecule has 0 amide bonds. The summed E-state index contributed by atoms with van der Waals surface area (Å²) in [6.07, 6.45) is 5.17. The summed E-state index contributed by atoms with van der Waals surface area (Å²) in [4.78, 5) is 13.7. The zero-order valence-corrected chi connectivity index (χ0v) is 6.08. The van der Waals surface area contributed by atoms with Crippen LogP contribution in [0.2, 0.25) is 0 Å². The third kappa shape index (κ3) is 2.39. The highest BCUT2D eigenvalue weighted by molar-refractivity contribution is 5.43. The van der Waals surface area contributed by atoms with E-state index in [0.717, 1.165) is 5.69 Å². The molecular weight excluding hydrogens is 140 g/mol. The van der Waals surface area contributed by atoms with Gasteiger partial charge >= 0.3 is 0 Å². The summed E-state index contributed by atoms with van der Waals surface area (Å²) in [7, 11) is 0. The van der Waals surface area contributed by atoms with E-state index in [0.29, 0.717) is 6.54 Å². The highest BCUT2D eigenvalue weighted by Crippen LogP contribution is 1.90. The molecule has 1 heterocycles. The smallest absolute Gasteiger partial charge is 0.182 e. The molecule has 0 unspecified atom stereocenters. The van der Waals surface area contributed by atoms with Crippen molar-refractivity contribution < 1.29 is 0 Å². The van der Waals surface area contributed by atoms with Crippen molar-refractivity contribution in [3.63, 3.8) is 0 Å². The lowest BCUT2D eigenvalue weighted by atomic mass is 10.3. The second-order valence-corrected chi connectivity index (χ2v) is 2.12. The average molecular weight is 150 g/mol. The van der Waals surface area contributed by atoms with Gasteiger partial charge < -0.3 is 10.7 Å². The number of hydrogen-bond donors (Lipinski definition) is 2. The molecule has 0 saturated carbocycles. The van der Waals surface area contributed by atoms with Crippen LogP contribution < -0.4 is 11.2 Å². The SMILES string of the molecule is NCC=Cc1cc(=O)cc[nH]1. The van der Waals surface area contributed by atoms with E-state index in [2.05, 4.69) is 4.98 Å². The molecule has 1 aromatic rings. The van der Waals surface area contributed by atoms with Gasteiger partial charge in [-0.05, 0) is 6.08 Å². The highest BCUT2D eigenvalue weighted by Gasteiger charge is 1.84. The molecule has 1 aromatic heterocycles. The minimum absolute atomic E-state index is 0.000390. The molecule has 0 radical (unpaired) electrons. The Morgan fingerprint density at radius 2 is 2.45 bits per heavy atom. The zero-order chi connectivity index (χ0) is 8.10. The van der Waals surface area contributed by atoms with E-state index in [1.807, 2.05) is 0 Å². The molecule has 0 aliphatic heterocycles. The van der Waals surface area contributed by atoms with Crippen molar-refractivity contribution in [3.05, 3.63) is 40.3 Å². The van der Waals surface area contributed by atoms with Crippen LogP contribution in [-0.2, 0) is 0 Å². The number of aromatic nitrogens is 1. The van der Waals surface area contributed by atoms with Gasteiger partial charge in [0, 0.05) is 30.6 Å². The maximum atomic E-state index is 10.8. The molecule has 0 fully saturated rings. The lowest BCUT2D eigenvalue weighted by Gasteiger charge is -1.89. The molecule has 58 valence electrons. The van der Waals surface area contributed by atoms with Crippen molar-refractivity contribution in [1.82, 2.24) is 4.98 Å². The Morgan fingerprint density at radius 1 is 1.64 bits per heavy atom. The molecule has 0 spiro atoms. The summed E-state index contributed by atoms with van der Waals surface area (Å²) >= 11 is 0. The molecule has 3 nitrogen and oxygen atoms in total. The van der Waals surface area contributed by atoms with E-state index in [4.69, 9.17) is 5.73 Å². The topological polar surface area (TPSA) is 58.9 Å². The van der Waals surface area contributed by atoms with E-state index in [-0.39, 0.29) is 5.43 Å². The Morgan fingerprint density at radius 3 is 3.09 bits per heavy atom. The first-order valence-electron chi connectivity index (χ1n) is 3.38. The number of rotatable bonds is 2. The Balaban J connectivity index is 2.88. The van der Waals surface area contributed by atoms with Crippen molar-refractivity contribution in [2.24, 2.45) is 5.73 Å². The fourth-order valence-electron chi connectivity index (χ4n) is 0.754. The van der Waals surface area contributed by atoms with Crippen molar-refractivity contribution in [2.45, 2.75) is 0 Å². The Labute approximate surface area is 64.6 Å². The number of aromatic amines is 1. The number of pyridine rings is 1. The van der Waals surface area contributed by atoms with Gasteiger partial charge in [0.1, 0.15) is 0 Å². The summed E-state index contributed by atoms with van der Waals surface area (Å²) in [5, 5.41) is 0. The second kappa shape index (κ2) is 3.73. The molecule has 3 heteroatoms. The van der Waals surface area contributed by atoms with Crippen LogP contribution in [0.4, 0.5) is 0 Å². The zero-order valence-electron chi connectivity index (χ0n) is 6.08. The van der Waals surface area contributed by atoms with Crippen LogP contribution in [0.15, 0.2) is 29.2 Å². The maximum Gasteiger partial charge on any atom is 0.182 e. The van der Waals surface area contributed by atoms with Crippen LogP contribution in [-0.4, -0.2) is 11.5 Å². The lowest BCUT2D eigenvalue weighted by Crippen LogP contribution is -1.98. The van der Waals surface area contributed by atoms with Crippen molar-refractivity contribution >= 4 is 6.08 Å². The Hall–Kier alpha value is -1.35. The number of H-pyrrole nitrogens is 1. The summed E-state index contributed by atoms with van der Waals surface area (Å²) < 4.78 is 0. The normalized spacial score (nSPS) is 10.6. The average Bonchev–Trinajstić information content (AvgIpc) is 2.01. The fraction of sp³-hybridized carbons (Fsp3) is 0.125. The van der Waals surface area contributed by atoms with Crippen LogP contribution >= 0.6 is 0 Å². The third-order valence-electron chi connectivity index (χ3n) is 1.23. The van der Waals surface area contributed by atoms with E-state index in [9.17, 15) is 4.79 Å². The molecule has 0 saturated heterocycles. The Kier molecular flexibility index (Phi) is 2.63. The minimum atomic E-state index is 0.000390. The summed E-state index contributed by atoms with van der Waals surface area (Å²) in [5.41, 5.74) is 6.02. The molecule has 0 aliphatic carbocycles. The minimum Gasteiger partial charge on any atom is -0.361 e. The van der Waals surface area contributed by atoms with Gasteiger partial charge in [-0.15, -0.1) is 0 Å². The van der Waals surface area contributed by atoms with Crippen LogP contribution in [0.1, 0.15) is 5.69 Å². The van der Waals surface area contributed by atoms with Crippen LogP contribution in [0.3, 0.4) is 0 Å². The van der Waals surface area contributed by atoms with E-state index in [1.54, 1.807) is 18.3 Å². The predicted molar refractivity (Wildman–Crippen MR) is 45.2 cm³/mol. The number of nitrogens with two attached hydrogens (primary N) is 1. The predicted octanol–water partition coefficient (Wildman–Crippen LogP) is 0.347.